The van der Waals surface area contributed by atoms with Crippen molar-refractivity contribution in [2.45, 2.75) is 6.92 Å². The minimum atomic E-state index is -0.781. The molecule has 0 saturated heterocycles. The summed E-state index contributed by atoms with van der Waals surface area (Å²) in [6, 6.07) is 10.5. The number of carbonyl (C=O) groups excluding carboxylic acids is 1. The zero-order valence-corrected chi connectivity index (χ0v) is 10.9. The molecule has 0 radical (unpaired) electrons. The van der Waals surface area contributed by atoms with Crippen LogP contribution in [0.15, 0.2) is 42.5 Å². The first-order chi connectivity index (χ1) is 9.63. The number of nitrogens with one attached hydrogen (secondary N) is 1. The Morgan fingerprint density at radius 3 is 2.70 bits per heavy atom. The molecule has 0 atom stereocenters. The Kier molecular flexibility index (Phi) is 4.20. The van der Waals surface area contributed by atoms with Gasteiger partial charge in [-0.05, 0) is 31.2 Å². The van der Waals surface area contributed by atoms with Crippen LogP contribution in [0.2, 0.25) is 0 Å². The first-order valence-corrected chi connectivity index (χ1v) is 6.14. The third kappa shape index (κ3) is 2.88. The standard InChI is InChI=1S/C15H14FNO3/c1-2-20-13-9-4-3-7-11(13)17-15(19)14-10(16)6-5-8-12(14)18/h3-9,18H,2H2,1H3,(H,17,19). The van der Waals surface area contributed by atoms with Gasteiger partial charge in [0.25, 0.3) is 5.91 Å². The molecule has 0 aliphatic heterocycles. The molecule has 20 heavy (non-hydrogen) atoms. The molecule has 0 aromatic heterocycles. The molecule has 0 spiro atoms. The largest absolute Gasteiger partial charge is 0.507 e. The zero-order valence-electron chi connectivity index (χ0n) is 10.9. The van der Waals surface area contributed by atoms with Crippen LogP contribution < -0.4 is 10.1 Å². The van der Waals surface area contributed by atoms with Crippen LogP contribution in [0.1, 0.15) is 17.3 Å². The van der Waals surface area contributed by atoms with Crippen molar-refractivity contribution in [3.63, 3.8) is 0 Å². The third-order valence-corrected chi connectivity index (χ3v) is 2.65. The number of benzene rings is 2. The van der Waals surface area contributed by atoms with Crippen LogP contribution in [0.25, 0.3) is 0 Å². The molecule has 0 aliphatic rings. The van der Waals surface area contributed by atoms with Crippen LogP contribution >= 0.6 is 0 Å². The van der Waals surface area contributed by atoms with E-state index in [0.29, 0.717) is 18.0 Å². The van der Waals surface area contributed by atoms with Gasteiger partial charge in [0.1, 0.15) is 22.9 Å². The van der Waals surface area contributed by atoms with Crippen molar-refractivity contribution in [3.05, 3.63) is 53.8 Å². The van der Waals surface area contributed by atoms with E-state index in [1.807, 2.05) is 6.92 Å². The van der Waals surface area contributed by atoms with Gasteiger partial charge in [-0.1, -0.05) is 18.2 Å². The number of ether oxygens (including phenoxy) is 1. The quantitative estimate of drug-likeness (QED) is 0.901. The first kappa shape index (κ1) is 13.9. The summed E-state index contributed by atoms with van der Waals surface area (Å²) in [5.74, 6) is -1.43. The van der Waals surface area contributed by atoms with Gasteiger partial charge in [-0.25, -0.2) is 4.39 Å². The van der Waals surface area contributed by atoms with Crippen LogP contribution in [0.4, 0.5) is 10.1 Å². The molecule has 2 rings (SSSR count). The van der Waals surface area contributed by atoms with E-state index in [4.69, 9.17) is 4.74 Å². The van der Waals surface area contributed by atoms with Gasteiger partial charge in [-0.15, -0.1) is 0 Å². The lowest BCUT2D eigenvalue weighted by Gasteiger charge is -2.12. The van der Waals surface area contributed by atoms with Gasteiger partial charge in [-0.2, -0.15) is 0 Å². The van der Waals surface area contributed by atoms with E-state index < -0.39 is 17.5 Å². The predicted molar refractivity (Wildman–Crippen MR) is 73.6 cm³/mol. The molecule has 4 nitrogen and oxygen atoms in total. The van der Waals surface area contributed by atoms with Crippen molar-refractivity contribution in [1.29, 1.82) is 0 Å². The molecule has 0 aliphatic carbocycles. The average molecular weight is 275 g/mol. The lowest BCUT2D eigenvalue weighted by atomic mass is 10.1. The minimum Gasteiger partial charge on any atom is -0.507 e. The Labute approximate surface area is 115 Å². The molecule has 2 aromatic rings. The van der Waals surface area contributed by atoms with Crippen molar-refractivity contribution in [2.24, 2.45) is 0 Å². The van der Waals surface area contributed by atoms with Gasteiger partial charge in [0.2, 0.25) is 0 Å². The van der Waals surface area contributed by atoms with E-state index in [0.717, 1.165) is 6.07 Å². The molecule has 5 heteroatoms. The number of phenolic OH excluding ortho intramolecular Hbond substituents is 1. The third-order valence-electron chi connectivity index (χ3n) is 2.65. The summed E-state index contributed by atoms with van der Waals surface area (Å²) in [6.45, 7) is 2.26. The summed E-state index contributed by atoms with van der Waals surface area (Å²) >= 11 is 0. The maximum absolute atomic E-state index is 13.6. The SMILES string of the molecule is CCOc1ccccc1NC(=O)c1c(O)cccc1F. The maximum atomic E-state index is 13.6. The summed E-state index contributed by atoms with van der Waals surface area (Å²) < 4.78 is 19.0. The van der Waals surface area contributed by atoms with E-state index in [9.17, 15) is 14.3 Å². The molecule has 2 N–H and O–H groups in total. The van der Waals surface area contributed by atoms with E-state index in [1.54, 1.807) is 24.3 Å². The van der Waals surface area contributed by atoms with E-state index in [-0.39, 0.29) is 5.56 Å². The number of anilines is 1. The minimum absolute atomic E-state index is 0.390. The van der Waals surface area contributed by atoms with Crippen molar-refractivity contribution < 1.29 is 19.0 Å². The van der Waals surface area contributed by atoms with Crippen molar-refractivity contribution in [1.82, 2.24) is 0 Å². The molecule has 2 aromatic carbocycles. The molecule has 0 heterocycles. The number of carbonyl (C=O) groups is 1. The maximum Gasteiger partial charge on any atom is 0.262 e. The highest BCUT2D eigenvalue weighted by molar-refractivity contribution is 6.06. The first-order valence-electron chi connectivity index (χ1n) is 6.14. The normalized spacial score (nSPS) is 10.1. The summed E-state index contributed by atoms with van der Waals surface area (Å²) in [4.78, 5) is 12.0. The Hall–Kier alpha value is -2.56. The monoisotopic (exact) mass is 275 g/mol. The highest BCUT2D eigenvalue weighted by Gasteiger charge is 2.17. The van der Waals surface area contributed by atoms with Crippen molar-refractivity contribution >= 4 is 11.6 Å². The molecular weight excluding hydrogens is 261 g/mol. The number of phenols is 1. The van der Waals surface area contributed by atoms with Gasteiger partial charge in [0.05, 0.1) is 12.3 Å². The molecular formula is C15H14FNO3. The average Bonchev–Trinajstić information content (AvgIpc) is 2.41. The fourth-order valence-corrected chi connectivity index (χ4v) is 1.77. The summed E-state index contributed by atoms with van der Waals surface area (Å²) in [6.07, 6.45) is 0. The molecule has 104 valence electrons. The van der Waals surface area contributed by atoms with Crippen LogP contribution in [-0.2, 0) is 0 Å². The van der Waals surface area contributed by atoms with Gasteiger partial charge in [0.15, 0.2) is 0 Å². The lowest BCUT2D eigenvalue weighted by molar-refractivity contribution is 0.102. The number of amides is 1. The van der Waals surface area contributed by atoms with E-state index in [1.165, 1.54) is 12.1 Å². The second-order valence-corrected chi connectivity index (χ2v) is 4.02. The van der Waals surface area contributed by atoms with Crippen LogP contribution in [0.3, 0.4) is 0 Å². The van der Waals surface area contributed by atoms with E-state index >= 15 is 0 Å². The topological polar surface area (TPSA) is 58.6 Å². The smallest absolute Gasteiger partial charge is 0.262 e. The van der Waals surface area contributed by atoms with Gasteiger partial charge >= 0.3 is 0 Å². The number of halogens is 1. The molecule has 0 fully saturated rings. The van der Waals surface area contributed by atoms with Crippen LogP contribution in [0, 0.1) is 5.82 Å². The predicted octanol–water partition coefficient (Wildman–Crippen LogP) is 3.18. The number of hydrogen-bond donors (Lipinski definition) is 2. The fraction of sp³-hybridized carbons (Fsp3) is 0.133. The number of hydrogen-bond acceptors (Lipinski definition) is 3. The van der Waals surface area contributed by atoms with Crippen LogP contribution in [-0.4, -0.2) is 17.6 Å². The van der Waals surface area contributed by atoms with Gasteiger partial charge in [-0.3, -0.25) is 4.79 Å². The Balaban J connectivity index is 2.28. The fourth-order valence-electron chi connectivity index (χ4n) is 1.77. The Morgan fingerprint density at radius 1 is 1.25 bits per heavy atom. The molecule has 1 amide bonds. The van der Waals surface area contributed by atoms with Crippen molar-refractivity contribution in [2.75, 3.05) is 11.9 Å². The summed E-state index contributed by atoms with van der Waals surface area (Å²) in [7, 11) is 0. The Bertz CT molecular complexity index is 608. The second-order valence-electron chi connectivity index (χ2n) is 4.02. The van der Waals surface area contributed by atoms with E-state index in [2.05, 4.69) is 5.32 Å². The Morgan fingerprint density at radius 2 is 2.00 bits per heavy atom. The molecule has 0 bridgehead atoms. The highest BCUT2D eigenvalue weighted by Crippen LogP contribution is 2.26. The van der Waals surface area contributed by atoms with Gasteiger partial charge < -0.3 is 15.2 Å². The summed E-state index contributed by atoms with van der Waals surface area (Å²) in [5.41, 5.74) is 0.0285. The number of rotatable bonds is 4. The van der Waals surface area contributed by atoms with Crippen molar-refractivity contribution in [3.8, 4) is 11.5 Å². The summed E-state index contributed by atoms with van der Waals surface area (Å²) in [5, 5.41) is 12.1. The zero-order chi connectivity index (χ0) is 14.5. The highest BCUT2D eigenvalue weighted by atomic mass is 19.1. The lowest BCUT2D eigenvalue weighted by Crippen LogP contribution is -2.14. The van der Waals surface area contributed by atoms with Crippen LogP contribution in [0.5, 0.6) is 11.5 Å². The second kappa shape index (κ2) is 6.06. The molecule has 0 saturated carbocycles. The molecule has 0 unspecified atom stereocenters. The number of para-hydroxylation sites is 2. The number of aromatic hydroxyl groups is 1. The van der Waals surface area contributed by atoms with Gasteiger partial charge in [0, 0.05) is 0 Å².